The summed E-state index contributed by atoms with van der Waals surface area (Å²) in [7, 11) is 1.86. The van der Waals surface area contributed by atoms with Crippen LogP contribution in [0, 0.1) is 29.1 Å². The van der Waals surface area contributed by atoms with E-state index in [-0.39, 0.29) is 46.9 Å². The Morgan fingerprint density at radius 3 is 2.61 bits per heavy atom. The second-order valence-electron chi connectivity index (χ2n) is 11.2. The van der Waals surface area contributed by atoms with Gasteiger partial charge in [-0.05, 0) is 60.8 Å². The summed E-state index contributed by atoms with van der Waals surface area (Å²) in [5, 5.41) is 14.8. The zero-order chi connectivity index (χ0) is 25.9. The quantitative estimate of drug-likeness (QED) is 0.614. The normalized spacial score (nSPS) is 30.6. The molecule has 2 saturated carbocycles. The number of carbonyl (C=O) groups excluding carboxylic acids is 2. The lowest BCUT2D eigenvalue weighted by atomic mass is 9.51. The molecule has 1 aromatic heterocycles. The van der Waals surface area contributed by atoms with Crippen molar-refractivity contribution in [1.82, 2.24) is 20.2 Å². The first kappa shape index (κ1) is 26.3. The number of rotatable bonds is 7. The zero-order valence-corrected chi connectivity index (χ0v) is 21.9. The third-order valence-electron chi connectivity index (χ3n) is 8.99. The number of hydrogen-bond acceptors (Lipinski definition) is 5. The maximum atomic E-state index is 13.3. The molecule has 2 aromatic rings. The van der Waals surface area contributed by atoms with Gasteiger partial charge in [-0.25, -0.2) is 4.98 Å². The molecule has 2 aliphatic carbocycles. The van der Waals surface area contributed by atoms with Crippen LogP contribution in [0.2, 0.25) is 0 Å². The maximum Gasteiger partial charge on any atom is 0.271 e. The van der Waals surface area contributed by atoms with Gasteiger partial charge in [0.2, 0.25) is 5.91 Å². The Hall–Kier alpha value is -2.80. The highest BCUT2D eigenvalue weighted by atomic mass is 16.3. The van der Waals surface area contributed by atoms with E-state index in [9.17, 15) is 14.7 Å². The highest BCUT2D eigenvalue weighted by Gasteiger charge is 2.54. The van der Waals surface area contributed by atoms with Gasteiger partial charge in [-0.15, -0.1) is 0 Å². The first-order valence-corrected chi connectivity index (χ1v) is 13.2. The lowest BCUT2D eigenvalue weighted by molar-refractivity contribution is -0.149. The maximum absolute atomic E-state index is 13.3. The Bertz CT molecular complexity index is 1030. The number of nitrogens with zero attached hydrogens (tertiary/aromatic N) is 3. The average molecular weight is 493 g/mol. The SMILES string of the molecule is CC(C(=O)N(C)CCc1ccccc1)C1CCC2(C)CCC(NC(=O)c3cnccn3)C(C)C2C1O. The van der Waals surface area contributed by atoms with E-state index in [0.717, 1.165) is 32.1 Å². The first-order valence-electron chi connectivity index (χ1n) is 13.2. The Labute approximate surface area is 214 Å². The molecule has 0 radical (unpaired) electrons. The minimum atomic E-state index is -0.587. The topological polar surface area (TPSA) is 95.4 Å². The fourth-order valence-electron chi connectivity index (χ4n) is 6.74. The van der Waals surface area contributed by atoms with Crippen LogP contribution < -0.4 is 5.32 Å². The lowest BCUT2D eigenvalue weighted by Crippen LogP contribution is -2.58. The molecule has 2 amide bonds. The highest BCUT2D eigenvalue weighted by molar-refractivity contribution is 5.92. The number of amides is 2. The smallest absolute Gasteiger partial charge is 0.271 e. The summed E-state index contributed by atoms with van der Waals surface area (Å²) in [6.45, 7) is 7.03. The molecular formula is C29H40N4O3. The number of benzene rings is 1. The number of carbonyl (C=O) groups is 2. The Morgan fingerprint density at radius 2 is 1.92 bits per heavy atom. The van der Waals surface area contributed by atoms with Crippen LogP contribution in [0.3, 0.4) is 0 Å². The molecule has 1 heterocycles. The Balaban J connectivity index is 1.41. The van der Waals surface area contributed by atoms with E-state index in [4.69, 9.17) is 0 Å². The highest BCUT2D eigenvalue weighted by Crippen LogP contribution is 2.55. The van der Waals surface area contributed by atoms with E-state index >= 15 is 0 Å². The van der Waals surface area contributed by atoms with Crippen LogP contribution in [0.25, 0.3) is 0 Å². The number of aliphatic hydroxyl groups excluding tert-OH is 1. The summed E-state index contributed by atoms with van der Waals surface area (Å²) in [4.78, 5) is 36.0. The molecule has 2 N–H and O–H groups in total. The van der Waals surface area contributed by atoms with E-state index in [2.05, 4.69) is 41.3 Å². The van der Waals surface area contributed by atoms with E-state index in [1.165, 1.54) is 18.0 Å². The fraction of sp³-hybridized carbons (Fsp3) is 0.586. The molecule has 7 unspecified atom stereocenters. The van der Waals surface area contributed by atoms with Crippen LogP contribution in [-0.4, -0.2) is 57.5 Å². The summed E-state index contributed by atoms with van der Waals surface area (Å²) < 4.78 is 0. The average Bonchev–Trinajstić information content (AvgIpc) is 2.89. The van der Waals surface area contributed by atoms with Crippen molar-refractivity contribution in [3.63, 3.8) is 0 Å². The molecule has 7 atom stereocenters. The van der Waals surface area contributed by atoms with Crippen molar-refractivity contribution in [3.05, 3.63) is 60.2 Å². The Morgan fingerprint density at radius 1 is 1.19 bits per heavy atom. The van der Waals surface area contributed by atoms with Crippen LogP contribution >= 0.6 is 0 Å². The molecule has 0 bridgehead atoms. The van der Waals surface area contributed by atoms with Gasteiger partial charge < -0.3 is 15.3 Å². The number of likely N-dealkylation sites (N-methyl/N-ethyl adjacent to an activating group) is 1. The number of fused-ring (bicyclic) bond motifs is 1. The molecule has 0 aliphatic heterocycles. The van der Waals surface area contributed by atoms with Gasteiger partial charge in [0.05, 0.1) is 12.3 Å². The van der Waals surface area contributed by atoms with Gasteiger partial charge in [0, 0.05) is 37.9 Å². The molecule has 4 rings (SSSR count). The van der Waals surface area contributed by atoms with Gasteiger partial charge >= 0.3 is 0 Å². The van der Waals surface area contributed by atoms with Crippen LogP contribution in [-0.2, 0) is 11.2 Å². The predicted octanol–water partition coefficient (Wildman–Crippen LogP) is 3.74. The summed E-state index contributed by atoms with van der Waals surface area (Å²) in [5.74, 6) is -0.385. The fourth-order valence-corrected chi connectivity index (χ4v) is 6.74. The van der Waals surface area contributed by atoms with Crippen molar-refractivity contribution in [2.75, 3.05) is 13.6 Å². The number of nitrogens with one attached hydrogen (secondary N) is 1. The summed E-state index contributed by atoms with van der Waals surface area (Å²) in [5.41, 5.74) is 1.52. The molecule has 7 nitrogen and oxygen atoms in total. The van der Waals surface area contributed by atoms with Gasteiger partial charge in [0.1, 0.15) is 5.69 Å². The van der Waals surface area contributed by atoms with E-state index < -0.39 is 6.10 Å². The van der Waals surface area contributed by atoms with Crippen molar-refractivity contribution < 1.29 is 14.7 Å². The van der Waals surface area contributed by atoms with E-state index in [1.807, 2.05) is 37.1 Å². The predicted molar refractivity (Wildman–Crippen MR) is 139 cm³/mol. The van der Waals surface area contributed by atoms with Gasteiger partial charge in [0.25, 0.3) is 5.91 Å². The van der Waals surface area contributed by atoms with Gasteiger partial charge in [-0.1, -0.05) is 51.1 Å². The van der Waals surface area contributed by atoms with Crippen LogP contribution in [0.5, 0.6) is 0 Å². The standard InChI is InChI=1S/C29H40N4O3/c1-19(28(36)33(4)17-12-21-8-6-5-7-9-21)22-10-13-29(3)14-11-23(20(2)25(29)26(22)34)32-27(35)24-18-30-15-16-31-24/h5-9,15-16,18-20,22-23,25-26,34H,10-14,17H2,1-4H3,(H,32,35). The molecule has 7 heteroatoms. The monoisotopic (exact) mass is 492 g/mol. The number of hydrogen-bond donors (Lipinski definition) is 2. The van der Waals surface area contributed by atoms with E-state index in [1.54, 1.807) is 6.20 Å². The Kier molecular flexibility index (Phi) is 8.08. The van der Waals surface area contributed by atoms with Gasteiger partial charge in [0.15, 0.2) is 0 Å². The van der Waals surface area contributed by atoms with Crippen molar-refractivity contribution in [3.8, 4) is 0 Å². The van der Waals surface area contributed by atoms with Gasteiger partial charge in [-0.3, -0.25) is 14.6 Å². The first-order chi connectivity index (χ1) is 17.2. The molecule has 0 saturated heterocycles. The zero-order valence-electron chi connectivity index (χ0n) is 21.9. The third kappa shape index (κ3) is 5.46. The number of aliphatic hydroxyl groups is 1. The van der Waals surface area contributed by atoms with Crippen molar-refractivity contribution >= 4 is 11.8 Å². The van der Waals surface area contributed by atoms with Crippen molar-refractivity contribution in [1.29, 1.82) is 0 Å². The molecule has 0 spiro atoms. The molecule has 1 aromatic carbocycles. The van der Waals surface area contributed by atoms with Crippen molar-refractivity contribution in [2.45, 2.75) is 65.0 Å². The second-order valence-corrected chi connectivity index (χ2v) is 11.2. The van der Waals surface area contributed by atoms with E-state index in [0.29, 0.717) is 12.2 Å². The lowest BCUT2D eigenvalue weighted by Gasteiger charge is -2.56. The van der Waals surface area contributed by atoms with Crippen LogP contribution in [0.4, 0.5) is 0 Å². The molecule has 2 aliphatic rings. The van der Waals surface area contributed by atoms with Crippen LogP contribution in [0.1, 0.15) is 62.5 Å². The molecular weight excluding hydrogens is 452 g/mol. The molecule has 36 heavy (non-hydrogen) atoms. The second kappa shape index (κ2) is 11.1. The minimum absolute atomic E-state index is 0.00505. The summed E-state index contributed by atoms with van der Waals surface area (Å²) in [6.07, 6.45) is 8.40. The largest absolute Gasteiger partial charge is 0.392 e. The van der Waals surface area contributed by atoms with Crippen LogP contribution in [0.15, 0.2) is 48.9 Å². The summed E-state index contributed by atoms with van der Waals surface area (Å²) >= 11 is 0. The minimum Gasteiger partial charge on any atom is -0.392 e. The molecule has 194 valence electrons. The third-order valence-corrected chi connectivity index (χ3v) is 8.99. The summed E-state index contributed by atoms with van der Waals surface area (Å²) in [6, 6.07) is 10.1. The molecule has 2 fully saturated rings. The van der Waals surface area contributed by atoms with Crippen molar-refractivity contribution in [2.24, 2.45) is 29.1 Å². The van der Waals surface area contributed by atoms with Gasteiger partial charge in [-0.2, -0.15) is 0 Å². The number of aromatic nitrogens is 2.